The van der Waals surface area contributed by atoms with Crippen molar-refractivity contribution in [2.75, 3.05) is 13.2 Å². The van der Waals surface area contributed by atoms with Crippen molar-refractivity contribution < 1.29 is 9.47 Å². The highest BCUT2D eigenvalue weighted by Crippen LogP contribution is 2.58. The molecule has 0 aromatic carbocycles. The van der Waals surface area contributed by atoms with Crippen molar-refractivity contribution in [1.82, 2.24) is 0 Å². The molecule has 0 bridgehead atoms. The van der Waals surface area contributed by atoms with E-state index in [1.54, 1.807) is 0 Å². The van der Waals surface area contributed by atoms with E-state index in [4.69, 9.17) is 9.47 Å². The first-order valence-corrected chi connectivity index (χ1v) is 5.40. The molecule has 0 unspecified atom stereocenters. The van der Waals surface area contributed by atoms with Gasteiger partial charge in [-0.15, -0.1) is 0 Å². The fourth-order valence-electron chi connectivity index (χ4n) is 2.79. The van der Waals surface area contributed by atoms with Gasteiger partial charge in [0.25, 0.3) is 0 Å². The van der Waals surface area contributed by atoms with Crippen LogP contribution >= 0.6 is 0 Å². The predicted octanol–water partition coefficient (Wildman–Crippen LogP) is 2.58. The summed E-state index contributed by atoms with van der Waals surface area (Å²) in [5, 5.41) is 0. The molecule has 1 saturated heterocycles. The molecule has 1 heterocycles. The zero-order chi connectivity index (χ0) is 9.53. The maximum Gasteiger partial charge on any atom is 0.169 e. The van der Waals surface area contributed by atoms with E-state index in [0.717, 1.165) is 32.0 Å². The Kier molecular flexibility index (Phi) is 2.16. The maximum absolute atomic E-state index is 5.66. The molecule has 1 aliphatic carbocycles. The molecular formula is C11H20O2. The number of hydrogen-bond acceptors (Lipinski definition) is 2. The van der Waals surface area contributed by atoms with E-state index in [9.17, 15) is 0 Å². The van der Waals surface area contributed by atoms with E-state index >= 15 is 0 Å². The van der Waals surface area contributed by atoms with Crippen LogP contribution in [0.3, 0.4) is 0 Å². The van der Waals surface area contributed by atoms with Crippen molar-refractivity contribution >= 4 is 0 Å². The lowest BCUT2D eigenvalue weighted by Gasteiger charge is -2.55. The van der Waals surface area contributed by atoms with Crippen molar-refractivity contribution in [3.63, 3.8) is 0 Å². The van der Waals surface area contributed by atoms with Crippen LogP contribution in [-0.4, -0.2) is 19.0 Å². The molecule has 76 valence electrons. The second-order valence-electron chi connectivity index (χ2n) is 4.83. The van der Waals surface area contributed by atoms with Crippen molar-refractivity contribution in [3.05, 3.63) is 0 Å². The van der Waals surface area contributed by atoms with Gasteiger partial charge in [0.05, 0.1) is 13.2 Å². The largest absolute Gasteiger partial charge is 0.347 e. The standard InChI is InChI=1S/C11H20O2/c1-4-10(9(2)3)7-11(8-10)12-5-6-13-11/h9H,4-8H2,1-3H3. The van der Waals surface area contributed by atoms with Crippen molar-refractivity contribution in [2.24, 2.45) is 11.3 Å². The highest BCUT2D eigenvalue weighted by Gasteiger charge is 2.58. The van der Waals surface area contributed by atoms with Crippen LogP contribution in [0.25, 0.3) is 0 Å². The van der Waals surface area contributed by atoms with Gasteiger partial charge in [-0.2, -0.15) is 0 Å². The van der Waals surface area contributed by atoms with Gasteiger partial charge in [0.1, 0.15) is 0 Å². The van der Waals surface area contributed by atoms with Gasteiger partial charge in [-0.3, -0.25) is 0 Å². The first-order valence-electron chi connectivity index (χ1n) is 5.40. The van der Waals surface area contributed by atoms with Gasteiger partial charge in [-0.25, -0.2) is 0 Å². The van der Waals surface area contributed by atoms with Crippen molar-refractivity contribution in [2.45, 2.75) is 45.8 Å². The molecule has 2 aliphatic rings. The molecule has 0 aromatic heterocycles. The van der Waals surface area contributed by atoms with Crippen LogP contribution in [0.4, 0.5) is 0 Å². The summed E-state index contributed by atoms with van der Waals surface area (Å²) in [6.45, 7) is 8.48. The molecule has 2 nitrogen and oxygen atoms in total. The number of hydrogen-bond donors (Lipinski definition) is 0. The molecule has 1 aliphatic heterocycles. The predicted molar refractivity (Wildman–Crippen MR) is 51.4 cm³/mol. The normalized spacial score (nSPS) is 29.5. The lowest BCUT2D eigenvalue weighted by Crippen LogP contribution is -2.54. The highest BCUT2D eigenvalue weighted by molar-refractivity contribution is 5.02. The SMILES string of the molecule is CCC1(C(C)C)CC2(C1)OCCO2. The summed E-state index contributed by atoms with van der Waals surface area (Å²) in [5.74, 6) is 0.580. The third-order valence-electron chi connectivity index (χ3n) is 3.99. The van der Waals surface area contributed by atoms with Gasteiger partial charge in [0.15, 0.2) is 5.79 Å². The Balaban J connectivity index is 2.00. The second kappa shape index (κ2) is 2.96. The monoisotopic (exact) mass is 184 g/mol. The van der Waals surface area contributed by atoms with Crippen LogP contribution < -0.4 is 0 Å². The van der Waals surface area contributed by atoms with Gasteiger partial charge < -0.3 is 9.47 Å². The van der Waals surface area contributed by atoms with Gasteiger partial charge in [0, 0.05) is 12.8 Å². The van der Waals surface area contributed by atoms with Crippen LogP contribution in [0.15, 0.2) is 0 Å². The first-order chi connectivity index (χ1) is 6.13. The molecule has 13 heavy (non-hydrogen) atoms. The second-order valence-corrected chi connectivity index (χ2v) is 4.83. The summed E-state index contributed by atoms with van der Waals surface area (Å²) in [6.07, 6.45) is 3.46. The lowest BCUT2D eigenvalue weighted by molar-refractivity contribution is -0.273. The average Bonchev–Trinajstić information content (AvgIpc) is 2.48. The smallest absolute Gasteiger partial charge is 0.169 e. The molecule has 1 spiro atoms. The summed E-state index contributed by atoms with van der Waals surface area (Å²) in [4.78, 5) is 0. The van der Waals surface area contributed by atoms with Gasteiger partial charge in [-0.1, -0.05) is 20.8 Å². The van der Waals surface area contributed by atoms with Crippen molar-refractivity contribution in [3.8, 4) is 0 Å². The summed E-state index contributed by atoms with van der Waals surface area (Å²) in [5.41, 5.74) is 0.490. The quantitative estimate of drug-likeness (QED) is 0.656. The third kappa shape index (κ3) is 1.31. The molecule has 2 fully saturated rings. The molecule has 0 atom stereocenters. The van der Waals surface area contributed by atoms with E-state index in [-0.39, 0.29) is 5.79 Å². The van der Waals surface area contributed by atoms with Crippen LogP contribution in [-0.2, 0) is 9.47 Å². The minimum absolute atomic E-state index is 0.166. The van der Waals surface area contributed by atoms with Gasteiger partial charge >= 0.3 is 0 Å². The minimum Gasteiger partial charge on any atom is -0.347 e. The van der Waals surface area contributed by atoms with E-state index in [1.807, 2.05) is 0 Å². The first kappa shape index (κ1) is 9.47. The molecule has 0 amide bonds. The molecule has 0 N–H and O–H groups in total. The van der Waals surface area contributed by atoms with Gasteiger partial charge in [0.2, 0.25) is 0 Å². The molecule has 1 saturated carbocycles. The third-order valence-corrected chi connectivity index (χ3v) is 3.99. The van der Waals surface area contributed by atoms with Crippen LogP contribution in [0.1, 0.15) is 40.0 Å². The van der Waals surface area contributed by atoms with Crippen LogP contribution in [0, 0.1) is 11.3 Å². The fraction of sp³-hybridized carbons (Fsp3) is 1.00. The average molecular weight is 184 g/mol. The highest BCUT2D eigenvalue weighted by atomic mass is 16.7. The minimum atomic E-state index is -0.166. The molecule has 0 radical (unpaired) electrons. The summed E-state index contributed by atoms with van der Waals surface area (Å²) < 4.78 is 11.3. The molecule has 0 aromatic rings. The van der Waals surface area contributed by atoms with Crippen LogP contribution in [0.5, 0.6) is 0 Å². The lowest BCUT2D eigenvalue weighted by atomic mass is 9.57. The maximum atomic E-state index is 5.66. The number of ether oxygens (including phenoxy) is 2. The summed E-state index contributed by atoms with van der Waals surface area (Å²) in [6, 6.07) is 0. The Morgan fingerprint density at radius 2 is 1.69 bits per heavy atom. The van der Waals surface area contributed by atoms with Crippen molar-refractivity contribution in [1.29, 1.82) is 0 Å². The van der Waals surface area contributed by atoms with E-state index in [2.05, 4.69) is 20.8 Å². The van der Waals surface area contributed by atoms with E-state index in [0.29, 0.717) is 5.41 Å². The Morgan fingerprint density at radius 3 is 2.08 bits per heavy atom. The Bertz CT molecular complexity index is 184. The summed E-state index contributed by atoms with van der Waals surface area (Å²) in [7, 11) is 0. The molecular weight excluding hydrogens is 164 g/mol. The zero-order valence-electron chi connectivity index (χ0n) is 8.93. The Morgan fingerprint density at radius 1 is 1.15 bits per heavy atom. The van der Waals surface area contributed by atoms with Gasteiger partial charge in [-0.05, 0) is 17.8 Å². The molecule has 2 heteroatoms. The van der Waals surface area contributed by atoms with E-state index < -0.39 is 0 Å². The Labute approximate surface area is 80.6 Å². The number of rotatable bonds is 2. The molecule has 2 rings (SSSR count). The van der Waals surface area contributed by atoms with Crippen LogP contribution in [0.2, 0.25) is 0 Å². The summed E-state index contributed by atoms with van der Waals surface area (Å²) >= 11 is 0. The fourth-order valence-corrected chi connectivity index (χ4v) is 2.79. The van der Waals surface area contributed by atoms with E-state index in [1.165, 1.54) is 6.42 Å². The Hall–Kier alpha value is -0.0800. The zero-order valence-corrected chi connectivity index (χ0v) is 8.93. The topological polar surface area (TPSA) is 18.5 Å².